The van der Waals surface area contributed by atoms with E-state index in [1.54, 1.807) is 0 Å². The molecule has 3 heteroatoms. The number of hydrogen-bond acceptors (Lipinski definition) is 2. The van der Waals surface area contributed by atoms with Crippen molar-refractivity contribution >= 4 is 0 Å². The lowest BCUT2D eigenvalue weighted by Gasteiger charge is -2.20. The smallest absolute Gasteiger partial charge is 0.0547 e. The van der Waals surface area contributed by atoms with Crippen LogP contribution in [-0.2, 0) is 7.05 Å². The highest BCUT2D eigenvalue weighted by atomic mass is 15.3. The maximum atomic E-state index is 4.21. The first-order valence-electron chi connectivity index (χ1n) is 6.89. The second kappa shape index (κ2) is 7.49. The van der Waals surface area contributed by atoms with Gasteiger partial charge in [0.2, 0.25) is 0 Å². The zero-order valence-electron chi connectivity index (χ0n) is 11.7. The van der Waals surface area contributed by atoms with Gasteiger partial charge in [-0.15, -0.1) is 0 Å². The molecule has 0 bridgehead atoms. The SMILES string of the molecule is CCCCCCC(C)NC(C)c1ccnn1C. The summed E-state index contributed by atoms with van der Waals surface area (Å²) < 4.78 is 1.95. The lowest BCUT2D eigenvalue weighted by Crippen LogP contribution is -2.30. The summed E-state index contributed by atoms with van der Waals surface area (Å²) >= 11 is 0. The average molecular weight is 237 g/mol. The van der Waals surface area contributed by atoms with Crippen LogP contribution in [0.3, 0.4) is 0 Å². The number of hydrogen-bond donors (Lipinski definition) is 1. The molecule has 1 heterocycles. The van der Waals surface area contributed by atoms with Crippen molar-refractivity contribution in [2.45, 2.75) is 65.0 Å². The van der Waals surface area contributed by atoms with Gasteiger partial charge >= 0.3 is 0 Å². The fraction of sp³-hybridized carbons (Fsp3) is 0.786. The average Bonchev–Trinajstić information content (AvgIpc) is 2.71. The zero-order valence-corrected chi connectivity index (χ0v) is 11.7. The van der Waals surface area contributed by atoms with Crippen molar-refractivity contribution in [3.8, 4) is 0 Å². The maximum absolute atomic E-state index is 4.21. The minimum atomic E-state index is 0.378. The van der Waals surface area contributed by atoms with Crippen molar-refractivity contribution in [3.63, 3.8) is 0 Å². The molecule has 0 saturated heterocycles. The van der Waals surface area contributed by atoms with E-state index in [9.17, 15) is 0 Å². The summed E-state index contributed by atoms with van der Waals surface area (Å²) in [6.07, 6.45) is 8.50. The molecule has 0 aliphatic rings. The molecule has 0 aliphatic carbocycles. The first-order chi connectivity index (χ1) is 8.15. The monoisotopic (exact) mass is 237 g/mol. The van der Waals surface area contributed by atoms with Crippen molar-refractivity contribution in [1.82, 2.24) is 15.1 Å². The number of rotatable bonds is 8. The molecule has 1 rings (SSSR count). The number of nitrogens with zero attached hydrogens (tertiary/aromatic N) is 2. The van der Waals surface area contributed by atoms with E-state index in [-0.39, 0.29) is 0 Å². The van der Waals surface area contributed by atoms with Gasteiger partial charge in [0.05, 0.1) is 5.69 Å². The van der Waals surface area contributed by atoms with Crippen LogP contribution in [0.25, 0.3) is 0 Å². The summed E-state index contributed by atoms with van der Waals surface area (Å²) in [7, 11) is 2.00. The van der Waals surface area contributed by atoms with Gasteiger partial charge in [-0.2, -0.15) is 5.10 Å². The Morgan fingerprint density at radius 2 is 2.06 bits per heavy atom. The van der Waals surface area contributed by atoms with Crippen molar-refractivity contribution in [1.29, 1.82) is 0 Å². The van der Waals surface area contributed by atoms with Crippen LogP contribution in [0, 0.1) is 0 Å². The van der Waals surface area contributed by atoms with Crippen molar-refractivity contribution in [2.75, 3.05) is 0 Å². The van der Waals surface area contributed by atoms with E-state index in [2.05, 4.69) is 37.3 Å². The van der Waals surface area contributed by atoms with Gasteiger partial charge in [-0.25, -0.2) is 0 Å². The van der Waals surface area contributed by atoms with Crippen molar-refractivity contribution < 1.29 is 0 Å². The Bertz CT molecular complexity index is 306. The molecule has 0 amide bonds. The Morgan fingerprint density at radius 1 is 1.29 bits per heavy atom. The van der Waals surface area contributed by atoms with Gasteiger partial charge in [-0.1, -0.05) is 32.6 Å². The summed E-state index contributed by atoms with van der Waals surface area (Å²) in [6.45, 7) is 6.74. The quantitative estimate of drug-likeness (QED) is 0.702. The van der Waals surface area contributed by atoms with Crippen molar-refractivity contribution in [2.24, 2.45) is 7.05 Å². The molecule has 2 unspecified atom stereocenters. The predicted molar refractivity (Wildman–Crippen MR) is 73.0 cm³/mol. The second-order valence-electron chi connectivity index (χ2n) is 5.02. The fourth-order valence-electron chi connectivity index (χ4n) is 2.28. The lowest BCUT2D eigenvalue weighted by atomic mass is 10.1. The Hall–Kier alpha value is -0.830. The number of nitrogens with one attached hydrogen (secondary N) is 1. The van der Waals surface area contributed by atoms with E-state index in [0.717, 1.165) is 0 Å². The molecule has 1 aromatic heterocycles. The van der Waals surface area contributed by atoms with Crippen LogP contribution in [0.2, 0.25) is 0 Å². The predicted octanol–water partition coefficient (Wildman–Crippen LogP) is 3.43. The molecular formula is C14H27N3. The molecule has 17 heavy (non-hydrogen) atoms. The molecule has 3 nitrogen and oxygen atoms in total. The summed E-state index contributed by atoms with van der Waals surface area (Å²) in [4.78, 5) is 0. The van der Waals surface area contributed by atoms with Gasteiger partial charge in [0.25, 0.3) is 0 Å². The van der Waals surface area contributed by atoms with Crippen LogP contribution in [-0.4, -0.2) is 15.8 Å². The van der Waals surface area contributed by atoms with Gasteiger partial charge < -0.3 is 5.32 Å². The lowest BCUT2D eigenvalue weighted by molar-refractivity contribution is 0.424. The number of aromatic nitrogens is 2. The van der Waals surface area contributed by atoms with Gasteiger partial charge in [0, 0.05) is 25.3 Å². The van der Waals surface area contributed by atoms with E-state index < -0.39 is 0 Å². The van der Waals surface area contributed by atoms with E-state index in [1.807, 2.05) is 17.9 Å². The first-order valence-corrected chi connectivity index (χ1v) is 6.89. The Balaban J connectivity index is 2.26. The summed E-state index contributed by atoms with van der Waals surface area (Å²) in [5.41, 5.74) is 1.26. The third kappa shape index (κ3) is 4.90. The maximum Gasteiger partial charge on any atom is 0.0547 e. The summed E-state index contributed by atoms with van der Waals surface area (Å²) in [5, 5.41) is 7.85. The van der Waals surface area contributed by atoms with E-state index in [0.29, 0.717) is 12.1 Å². The van der Waals surface area contributed by atoms with Gasteiger partial charge in [-0.05, 0) is 26.3 Å². The normalized spacial score (nSPS) is 14.8. The first kappa shape index (κ1) is 14.2. The molecular weight excluding hydrogens is 210 g/mol. The molecule has 0 radical (unpaired) electrons. The van der Waals surface area contributed by atoms with E-state index >= 15 is 0 Å². The van der Waals surface area contributed by atoms with Crippen LogP contribution in [0.5, 0.6) is 0 Å². The third-order valence-electron chi connectivity index (χ3n) is 3.33. The Morgan fingerprint density at radius 3 is 2.65 bits per heavy atom. The van der Waals surface area contributed by atoms with Crippen LogP contribution in [0.4, 0.5) is 0 Å². The highest BCUT2D eigenvalue weighted by Gasteiger charge is 2.11. The van der Waals surface area contributed by atoms with Gasteiger partial charge in [0.1, 0.15) is 0 Å². The van der Waals surface area contributed by atoms with Crippen LogP contribution in [0.15, 0.2) is 12.3 Å². The summed E-state index contributed by atoms with van der Waals surface area (Å²) in [5.74, 6) is 0. The highest BCUT2D eigenvalue weighted by Crippen LogP contribution is 2.13. The minimum Gasteiger partial charge on any atom is -0.306 e. The molecule has 2 atom stereocenters. The third-order valence-corrected chi connectivity index (χ3v) is 3.33. The molecule has 0 saturated carbocycles. The van der Waals surface area contributed by atoms with E-state index in [4.69, 9.17) is 0 Å². The molecule has 0 fully saturated rings. The summed E-state index contributed by atoms with van der Waals surface area (Å²) in [6, 6.07) is 3.04. The van der Waals surface area contributed by atoms with Crippen LogP contribution in [0.1, 0.15) is 64.6 Å². The Kier molecular flexibility index (Phi) is 6.27. The van der Waals surface area contributed by atoms with Crippen LogP contribution >= 0.6 is 0 Å². The van der Waals surface area contributed by atoms with E-state index in [1.165, 1.54) is 37.8 Å². The zero-order chi connectivity index (χ0) is 12.7. The molecule has 1 aromatic rings. The largest absolute Gasteiger partial charge is 0.306 e. The molecule has 0 aromatic carbocycles. The Labute approximate surface area is 106 Å². The second-order valence-corrected chi connectivity index (χ2v) is 5.02. The molecule has 0 spiro atoms. The standard InChI is InChI=1S/C14H27N3/c1-5-6-7-8-9-12(2)16-13(3)14-10-11-15-17(14)4/h10-13,16H,5-9H2,1-4H3. The van der Waals surface area contributed by atoms with Crippen LogP contribution < -0.4 is 5.32 Å². The number of aryl methyl sites for hydroxylation is 1. The fourth-order valence-corrected chi connectivity index (χ4v) is 2.28. The van der Waals surface area contributed by atoms with Gasteiger partial charge in [0.15, 0.2) is 0 Å². The molecule has 0 aliphatic heterocycles. The topological polar surface area (TPSA) is 29.9 Å². The minimum absolute atomic E-state index is 0.378. The number of unbranched alkanes of at least 4 members (excludes halogenated alkanes) is 3. The molecule has 98 valence electrons. The van der Waals surface area contributed by atoms with Crippen molar-refractivity contribution in [3.05, 3.63) is 18.0 Å². The highest BCUT2D eigenvalue weighted by molar-refractivity contribution is 5.05. The van der Waals surface area contributed by atoms with Gasteiger partial charge in [-0.3, -0.25) is 4.68 Å². The molecule has 1 N–H and O–H groups in total.